The largest absolute Gasteiger partial charge is 0.367 e. The molecule has 3 aromatic rings. The summed E-state index contributed by atoms with van der Waals surface area (Å²) in [5.74, 6) is 0.0805. The predicted octanol–water partition coefficient (Wildman–Crippen LogP) is 2.90. The van der Waals surface area contributed by atoms with Gasteiger partial charge in [0.05, 0.1) is 17.3 Å². The number of piperazine rings is 1. The first kappa shape index (κ1) is 21.8. The van der Waals surface area contributed by atoms with Crippen LogP contribution in [0.3, 0.4) is 0 Å². The quantitative estimate of drug-likeness (QED) is 0.439. The monoisotopic (exact) mass is 447 g/mol. The van der Waals surface area contributed by atoms with Crippen molar-refractivity contribution in [2.45, 2.75) is 25.5 Å². The molecule has 8 nitrogen and oxygen atoms in total. The van der Waals surface area contributed by atoms with Crippen LogP contribution in [0.25, 0.3) is 11.1 Å². The van der Waals surface area contributed by atoms with E-state index in [1.165, 1.54) is 11.8 Å². The van der Waals surface area contributed by atoms with Crippen LogP contribution in [-0.2, 0) is 11.3 Å². The van der Waals surface area contributed by atoms with Gasteiger partial charge in [-0.15, -0.1) is 0 Å². The fraction of sp³-hybridized carbons (Fsp3) is 0.348. The third kappa shape index (κ3) is 4.60. The molecule has 0 atom stereocenters. The Labute approximate surface area is 191 Å². The van der Waals surface area contributed by atoms with Crippen molar-refractivity contribution >= 4 is 23.4 Å². The van der Waals surface area contributed by atoms with Crippen LogP contribution in [0.1, 0.15) is 17.0 Å². The summed E-state index contributed by atoms with van der Waals surface area (Å²) in [6, 6.07) is 9.88. The summed E-state index contributed by atoms with van der Waals surface area (Å²) in [5, 5.41) is 14.5. The minimum absolute atomic E-state index is 0.0805. The minimum Gasteiger partial charge on any atom is -0.367 e. The summed E-state index contributed by atoms with van der Waals surface area (Å²) in [7, 11) is 0. The second-order valence-corrected chi connectivity index (χ2v) is 8.53. The smallest absolute Gasteiger partial charge is 0.244 e. The van der Waals surface area contributed by atoms with Crippen molar-refractivity contribution in [3.63, 3.8) is 0 Å². The number of aryl methyl sites for hydroxylation is 2. The first-order chi connectivity index (χ1) is 15.5. The zero-order chi connectivity index (χ0) is 22.7. The number of thioether (sulfide) groups is 1. The topological polar surface area (TPSA) is 90.9 Å². The van der Waals surface area contributed by atoms with Gasteiger partial charge in [0.1, 0.15) is 6.54 Å². The summed E-state index contributed by atoms with van der Waals surface area (Å²) in [6.07, 6.45) is 5.53. The summed E-state index contributed by atoms with van der Waals surface area (Å²) in [6.45, 7) is 6.87. The van der Waals surface area contributed by atoms with E-state index in [4.69, 9.17) is 0 Å². The lowest BCUT2D eigenvalue weighted by Gasteiger charge is -2.37. The number of carbonyl (C=O) groups is 1. The molecule has 3 heterocycles. The van der Waals surface area contributed by atoms with Crippen LogP contribution in [0.15, 0.2) is 41.8 Å². The highest BCUT2D eigenvalue weighted by Gasteiger charge is 2.24. The van der Waals surface area contributed by atoms with E-state index in [2.05, 4.69) is 26.0 Å². The number of hydrogen-bond acceptors (Lipinski definition) is 7. The number of rotatable bonds is 5. The van der Waals surface area contributed by atoms with Crippen molar-refractivity contribution in [3.8, 4) is 17.2 Å². The van der Waals surface area contributed by atoms with Gasteiger partial charge in [-0.3, -0.25) is 9.48 Å². The van der Waals surface area contributed by atoms with Crippen LogP contribution >= 0.6 is 11.8 Å². The molecule has 1 fully saturated rings. The second-order valence-electron chi connectivity index (χ2n) is 7.75. The van der Waals surface area contributed by atoms with Crippen molar-refractivity contribution in [2.24, 2.45) is 0 Å². The average Bonchev–Trinajstić information content (AvgIpc) is 3.15. The Morgan fingerprint density at radius 1 is 1.12 bits per heavy atom. The highest BCUT2D eigenvalue weighted by molar-refractivity contribution is 7.98. The van der Waals surface area contributed by atoms with Gasteiger partial charge in [-0.05, 0) is 44.4 Å². The lowest BCUT2D eigenvalue weighted by molar-refractivity contribution is -0.132. The molecule has 1 saturated heterocycles. The maximum absolute atomic E-state index is 12.8. The molecular weight excluding hydrogens is 422 g/mol. The van der Waals surface area contributed by atoms with E-state index in [-0.39, 0.29) is 12.5 Å². The van der Waals surface area contributed by atoms with E-state index in [0.717, 1.165) is 28.2 Å². The van der Waals surface area contributed by atoms with Gasteiger partial charge >= 0.3 is 0 Å². The van der Waals surface area contributed by atoms with Crippen molar-refractivity contribution in [1.82, 2.24) is 24.6 Å². The zero-order valence-corrected chi connectivity index (χ0v) is 19.3. The van der Waals surface area contributed by atoms with Crippen LogP contribution in [-0.4, -0.2) is 63.0 Å². The number of nitrogens with zero attached hydrogens (tertiary/aromatic N) is 7. The van der Waals surface area contributed by atoms with E-state index in [1.54, 1.807) is 17.1 Å². The zero-order valence-electron chi connectivity index (χ0n) is 18.4. The molecule has 0 radical (unpaired) electrons. The molecule has 0 N–H and O–H groups in total. The first-order valence-electron chi connectivity index (χ1n) is 10.4. The van der Waals surface area contributed by atoms with E-state index < -0.39 is 0 Å². The molecule has 9 heteroatoms. The van der Waals surface area contributed by atoms with Crippen LogP contribution < -0.4 is 4.90 Å². The Morgan fingerprint density at radius 3 is 2.44 bits per heavy atom. The van der Waals surface area contributed by atoms with Gasteiger partial charge in [0, 0.05) is 61.1 Å². The van der Waals surface area contributed by atoms with Crippen LogP contribution in [0.4, 0.5) is 5.69 Å². The van der Waals surface area contributed by atoms with Crippen molar-refractivity contribution in [2.75, 3.05) is 37.3 Å². The van der Waals surface area contributed by atoms with Gasteiger partial charge in [-0.25, -0.2) is 9.97 Å². The maximum atomic E-state index is 12.8. The van der Waals surface area contributed by atoms with Gasteiger partial charge < -0.3 is 9.80 Å². The predicted molar refractivity (Wildman–Crippen MR) is 124 cm³/mol. The van der Waals surface area contributed by atoms with E-state index in [9.17, 15) is 10.1 Å². The average molecular weight is 448 g/mol. The lowest BCUT2D eigenvalue weighted by atomic mass is 10.0. The van der Waals surface area contributed by atoms with Gasteiger partial charge in [0.2, 0.25) is 5.91 Å². The number of hydrogen-bond donors (Lipinski definition) is 0. The van der Waals surface area contributed by atoms with E-state index >= 15 is 0 Å². The molecular formula is C23H25N7OS. The highest BCUT2D eigenvalue weighted by Crippen LogP contribution is 2.32. The summed E-state index contributed by atoms with van der Waals surface area (Å²) in [5.41, 5.74) is 5.33. The van der Waals surface area contributed by atoms with Gasteiger partial charge in [0.25, 0.3) is 0 Å². The van der Waals surface area contributed by atoms with E-state index in [0.29, 0.717) is 36.9 Å². The molecule has 0 saturated carbocycles. The summed E-state index contributed by atoms with van der Waals surface area (Å²) >= 11 is 1.49. The van der Waals surface area contributed by atoms with E-state index in [1.807, 2.05) is 49.3 Å². The second kappa shape index (κ2) is 9.40. The molecule has 1 amide bonds. The van der Waals surface area contributed by atoms with Gasteiger partial charge in [-0.1, -0.05) is 11.8 Å². The standard InChI is InChI=1S/C23H25N7OS/c1-16-10-17(2)30(27-16)15-22(31)29-8-6-28(7-9-29)21-5-4-18(12-24)11-20(21)19-13-25-23(32-3)26-14-19/h4-5,10-11,13-14H,6-9,15H2,1-3H3. The van der Waals surface area contributed by atoms with Crippen LogP contribution in [0, 0.1) is 25.2 Å². The third-order valence-electron chi connectivity index (χ3n) is 5.61. The number of carbonyl (C=O) groups excluding carboxylic acids is 1. The number of amides is 1. The molecule has 0 aliphatic carbocycles. The Morgan fingerprint density at radius 2 is 1.84 bits per heavy atom. The Kier molecular flexibility index (Phi) is 6.42. The first-order valence-corrected chi connectivity index (χ1v) is 11.7. The highest BCUT2D eigenvalue weighted by atomic mass is 32.2. The number of aromatic nitrogens is 4. The summed E-state index contributed by atoms with van der Waals surface area (Å²) < 4.78 is 1.76. The fourth-order valence-corrected chi connectivity index (χ4v) is 4.25. The van der Waals surface area contributed by atoms with Crippen LogP contribution in [0.5, 0.6) is 0 Å². The molecule has 1 aliphatic rings. The molecule has 164 valence electrons. The van der Waals surface area contributed by atoms with Crippen molar-refractivity contribution in [3.05, 3.63) is 53.6 Å². The molecule has 4 rings (SSSR count). The SMILES string of the molecule is CSc1ncc(-c2cc(C#N)ccc2N2CCN(C(=O)Cn3nc(C)cc3C)CC2)cn1. The molecule has 0 unspecified atom stereocenters. The molecule has 2 aromatic heterocycles. The maximum Gasteiger partial charge on any atom is 0.244 e. The van der Waals surface area contributed by atoms with Gasteiger partial charge in [-0.2, -0.15) is 10.4 Å². The Bertz CT molecular complexity index is 1160. The molecule has 0 bridgehead atoms. The lowest BCUT2D eigenvalue weighted by Crippen LogP contribution is -2.49. The number of anilines is 1. The molecule has 1 aromatic carbocycles. The van der Waals surface area contributed by atoms with Crippen LogP contribution in [0.2, 0.25) is 0 Å². The third-order valence-corrected chi connectivity index (χ3v) is 6.18. The Hall–Kier alpha value is -3.38. The summed E-state index contributed by atoms with van der Waals surface area (Å²) in [4.78, 5) is 25.7. The number of benzene rings is 1. The number of nitriles is 1. The molecule has 0 spiro atoms. The van der Waals surface area contributed by atoms with Gasteiger partial charge in [0.15, 0.2) is 5.16 Å². The Balaban J connectivity index is 1.50. The van der Waals surface area contributed by atoms with Crippen molar-refractivity contribution in [1.29, 1.82) is 5.26 Å². The minimum atomic E-state index is 0.0805. The fourth-order valence-electron chi connectivity index (χ4n) is 3.93. The normalized spacial score (nSPS) is 13.8. The molecule has 1 aliphatic heterocycles. The van der Waals surface area contributed by atoms with Crippen molar-refractivity contribution < 1.29 is 4.79 Å². The molecule has 32 heavy (non-hydrogen) atoms.